The SMILES string of the molecule is CCCCN(C(=O)NC(C(=O)O)C1CCCCC1)C1CC1. The number of amides is 2. The molecule has 2 fully saturated rings. The lowest BCUT2D eigenvalue weighted by Crippen LogP contribution is -2.52. The molecule has 120 valence electrons. The normalized spacial score (nSPS) is 20.8. The molecule has 2 aliphatic rings. The number of nitrogens with one attached hydrogen (secondary N) is 1. The number of carboxylic acid groups (broad SMARTS) is 1. The number of unbranched alkanes of at least 4 members (excludes halogenated alkanes) is 1. The third-order valence-electron chi connectivity index (χ3n) is 4.67. The summed E-state index contributed by atoms with van der Waals surface area (Å²) in [5.41, 5.74) is 0. The molecule has 1 unspecified atom stereocenters. The molecule has 0 heterocycles. The van der Waals surface area contributed by atoms with Crippen molar-refractivity contribution in [1.29, 1.82) is 0 Å². The molecule has 0 spiro atoms. The van der Waals surface area contributed by atoms with Crippen molar-refractivity contribution in [3.8, 4) is 0 Å². The Morgan fingerprint density at radius 3 is 2.38 bits per heavy atom. The fourth-order valence-electron chi connectivity index (χ4n) is 3.23. The summed E-state index contributed by atoms with van der Waals surface area (Å²) in [7, 11) is 0. The van der Waals surface area contributed by atoms with Gasteiger partial charge >= 0.3 is 12.0 Å². The van der Waals surface area contributed by atoms with Crippen molar-refractivity contribution >= 4 is 12.0 Å². The van der Waals surface area contributed by atoms with E-state index in [0.29, 0.717) is 6.04 Å². The average molecular weight is 296 g/mol. The predicted molar refractivity (Wildman–Crippen MR) is 81.2 cm³/mol. The highest BCUT2D eigenvalue weighted by molar-refractivity contribution is 5.83. The van der Waals surface area contributed by atoms with Crippen molar-refractivity contribution in [1.82, 2.24) is 10.2 Å². The zero-order valence-corrected chi connectivity index (χ0v) is 13.0. The van der Waals surface area contributed by atoms with Crippen molar-refractivity contribution in [2.45, 2.75) is 76.8 Å². The van der Waals surface area contributed by atoms with Gasteiger partial charge in [-0.05, 0) is 38.0 Å². The Hall–Kier alpha value is -1.26. The lowest BCUT2D eigenvalue weighted by atomic mass is 9.84. The Morgan fingerprint density at radius 1 is 1.19 bits per heavy atom. The standard InChI is InChI=1S/C16H28N2O3/c1-2-3-11-18(13-9-10-13)16(21)17-14(15(19)20)12-7-5-4-6-8-12/h12-14H,2-11H2,1H3,(H,17,21)(H,19,20). The molecule has 2 rings (SSSR count). The molecule has 21 heavy (non-hydrogen) atoms. The van der Waals surface area contributed by atoms with Crippen molar-refractivity contribution in [3.63, 3.8) is 0 Å². The molecule has 0 aliphatic heterocycles. The Labute approximate surface area is 127 Å². The first-order valence-corrected chi connectivity index (χ1v) is 8.43. The van der Waals surface area contributed by atoms with Crippen LogP contribution in [0.2, 0.25) is 0 Å². The molecule has 5 heteroatoms. The minimum absolute atomic E-state index is 0.0902. The number of urea groups is 1. The van der Waals surface area contributed by atoms with Gasteiger partial charge in [0.05, 0.1) is 0 Å². The number of hydrogen-bond donors (Lipinski definition) is 2. The van der Waals surface area contributed by atoms with Gasteiger partial charge in [-0.1, -0.05) is 32.6 Å². The summed E-state index contributed by atoms with van der Waals surface area (Å²) >= 11 is 0. The Morgan fingerprint density at radius 2 is 1.86 bits per heavy atom. The molecule has 2 aliphatic carbocycles. The maximum absolute atomic E-state index is 12.4. The van der Waals surface area contributed by atoms with Crippen LogP contribution in [0.25, 0.3) is 0 Å². The number of hydrogen-bond acceptors (Lipinski definition) is 2. The minimum atomic E-state index is -0.888. The Bertz CT molecular complexity index is 363. The van der Waals surface area contributed by atoms with E-state index in [9.17, 15) is 14.7 Å². The summed E-state index contributed by atoms with van der Waals surface area (Å²) in [4.78, 5) is 25.8. The lowest BCUT2D eigenvalue weighted by molar-refractivity contribution is -0.141. The predicted octanol–water partition coefficient (Wildman–Crippen LogP) is 2.99. The summed E-state index contributed by atoms with van der Waals surface area (Å²) in [6, 6.07) is -0.568. The van der Waals surface area contributed by atoms with Gasteiger partial charge < -0.3 is 15.3 Å². The van der Waals surface area contributed by atoms with Gasteiger partial charge in [0.1, 0.15) is 6.04 Å². The van der Waals surface area contributed by atoms with E-state index < -0.39 is 12.0 Å². The van der Waals surface area contributed by atoms with E-state index in [2.05, 4.69) is 12.2 Å². The van der Waals surface area contributed by atoms with E-state index in [0.717, 1.165) is 57.9 Å². The van der Waals surface area contributed by atoms with E-state index in [4.69, 9.17) is 0 Å². The average Bonchev–Trinajstić information content (AvgIpc) is 3.30. The van der Waals surface area contributed by atoms with E-state index >= 15 is 0 Å². The highest BCUT2D eigenvalue weighted by Crippen LogP contribution is 2.29. The third kappa shape index (κ3) is 4.61. The summed E-state index contributed by atoms with van der Waals surface area (Å²) in [6.45, 7) is 2.84. The quantitative estimate of drug-likeness (QED) is 0.758. The Balaban J connectivity index is 1.94. The van der Waals surface area contributed by atoms with Crippen LogP contribution in [-0.2, 0) is 4.79 Å². The molecule has 0 aromatic heterocycles. The van der Waals surface area contributed by atoms with Crippen LogP contribution in [0.15, 0.2) is 0 Å². The second-order valence-corrected chi connectivity index (χ2v) is 6.44. The van der Waals surface area contributed by atoms with E-state index in [-0.39, 0.29) is 11.9 Å². The molecule has 1 atom stereocenters. The van der Waals surface area contributed by atoms with E-state index in [1.165, 1.54) is 6.42 Å². The van der Waals surface area contributed by atoms with Gasteiger partial charge in [0.15, 0.2) is 0 Å². The van der Waals surface area contributed by atoms with Crippen LogP contribution in [0.1, 0.15) is 64.7 Å². The molecule has 2 N–H and O–H groups in total. The second-order valence-electron chi connectivity index (χ2n) is 6.44. The number of rotatable bonds is 7. The van der Waals surface area contributed by atoms with Gasteiger partial charge in [0.2, 0.25) is 0 Å². The van der Waals surface area contributed by atoms with Gasteiger partial charge in [0.25, 0.3) is 0 Å². The monoisotopic (exact) mass is 296 g/mol. The molecular formula is C16H28N2O3. The maximum Gasteiger partial charge on any atom is 0.326 e. The molecule has 0 aromatic carbocycles. The number of aliphatic carboxylic acids is 1. The summed E-state index contributed by atoms with van der Waals surface area (Å²) in [6.07, 6.45) is 9.29. The number of carboxylic acids is 1. The molecule has 0 aromatic rings. The first-order valence-electron chi connectivity index (χ1n) is 8.43. The molecule has 2 amide bonds. The Kier molecular flexibility index (Phi) is 5.88. The zero-order chi connectivity index (χ0) is 15.2. The first kappa shape index (κ1) is 16.1. The largest absolute Gasteiger partial charge is 0.480 e. The molecule has 0 radical (unpaired) electrons. The smallest absolute Gasteiger partial charge is 0.326 e. The number of carbonyl (C=O) groups excluding carboxylic acids is 1. The third-order valence-corrected chi connectivity index (χ3v) is 4.67. The molecule has 0 saturated heterocycles. The first-order chi connectivity index (χ1) is 10.1. The second kappa shape index (κ2) is 7.66. The van der Waals surface area contributed by atoms with Gasteiger partial charge in [-0.2, -0.15) is 0 Å². The van der Waals surface area contributed by atoms with Crippen LogP contribution in [0.4, 0.5) is 4.79 Å². The summed E-state index contributed by atoms with van der Waals surface area (Å²) < 4.78 is 0. The molecule has 2 saturated carbocycles. The number of carbonyl (C=O) groups is 2. The van der Waals surface area contributed by atoms with E-state index in [1.54, 1.807) is 0 Å². The van der Waals surface area contributed by atoms with Crippen LogP contribution in [-0.4, -0.2) is 40.6 Å². The minimum Gasteiger partial charge on any atom is -0.480 e. The molecule has 0 bridgehead atoms. The van der Waals surface area contributed by atoms with Gasteiger partial charge in [0, 0.05) is 12.6 Å². The van der Waals surface area contributed by atoms with Crippen LogP contribution < -0.4 is 5.32 Å². The van der Waals surface area contributed by atoms with Gasteiger partial charge in [-0.25, -0.2) is 9.59 Å². The van der Waals surface area contributed by atoms with Crippen LogP contribution in [0.3, 0.4) is 0 Å². The van der Waals surface area contributed by atoms with Crippen LogP contribution >= 0.6 is 0 Å². The number of nitrogens with zero attached hydrogens (tertiary/aromatic N) is 1. The van der Waals surface area contributed by atoms with Crippen LogP contribution in [0, 0.1) is 5.92 Å². The summed E-state index contributed by atoms with van der Waals surface area (Å²) in [5, 5.41) is 12.3. The fraction of sp³-hybridized carbons (Fsp3) is 0.875. The topological polar surface area (TPSA) is 69.6 Å². The lowest BCUT2D eigenvalue weighted by Gasteiger charge is -2.31. The van der Waals surface area contributed by atoms with Crippen molar-refractivity contribution in [2.24, 2.45) is 5.92 Å². The van der Waals surface area contributed by atoms with Gasteiger partial charge in [-0.15, -0.1) is 0 Å². The van der Waals surface area contributed by atoms with Crippen molar-refractivity contribution in [2.75, 3.05) is 6.54 Å². The van der Waals surface area contributed by atoms with Crippen LogP contribution in [0.5, 0.6) is 0 Å². The fourth-order valence-corrected chi connectivity index (χ4v) is 3.23. The highest BCUT2D eigenvalue weighted by atomic mass is 16.4. The summed E-state index contributed by atoms with van der Waals surface area (Å²) in [5.74, 6) is -0.797. The highest BCUT2D eigenvalue weighted by Gasteiger charge is 2.36. The van der Waals surface area contributed by atoms with E-state index in [1.807, 2.05) is 4.90 Å². The molecular weight excluding hydrogens is 268 g/mol. The zero-order valence-electron chi connectivity index (χ0n) is 13.0. The van der Waals surface area contributed by atoms with Gasteiger partial charge in [-0.3, -0.25) is 0 Å². The van der Waals surface area contributed by atoms with Crippen molar-refractivity contribution < 1.29 is 14.7 Å². The molecule has 5 nitrogen and oxygen atoms in total. The maximum atomic E-state index is 12.4. The van der Waals surface area contributed by atoms with Crippen molar-refractivity contribution in [3.05, 3.63) is 0 Å².